The fourth-order valence-electron chi connectivity index (χ4n) is 6.17. The molecule has 0 aromatic heterocycles. The van der Waals surface area contributed by atoms with Gasteiger partial charge in [-0.3, -0.25) is 4.79 Å². The average Bonchev–Trinajstić information content (AvgIpc) is 2.60. The molecule has 3 heteroatoms. The Balaban J connectivity index is 1.31. The lowest BCUT2D eigenvalue weighted by Gasteiger charge is -2.57. The fraction of sp³-hybridized carbons (Fsp3) is 0.522. The molecule has 4 aliphatic carbocycles. The fourth-order valence-corrected chi connectivity index (χ4v) is 6.17. The molecule has 0 aliphatic heterocycles. The van der Waals surface area contributed by atoms with Gasteiger partial charge in [0, 0.05) is 10.9 Å². The molecule has 136 valence electrons. The molecule has 0 radical (unpaired) electrons. The minimum Gasteiger partial charge on any atom is -0.480 e. The van der Waals surface area contributed by atoms with Gasteiger partial charge in [-0.25, -0.2) is 0 Å². The Kier molecular flexibility index (Phi) is 3.73. The number of carbonyl (C=O) groups excluding carboxylic acids is 1. The molecule has 26 heavy (non-hydrogen) atoms. The van der Waals surface area contributed by atoms with Crippen LogP contribution in [-0.2, 0) is 4.79 Å². The molecule has 1 atom stereocenters. The summed E-state index contributed by atoms with van der Waals surface area (Å²) in [5.74, 6) is 3.32. The maximum Gasteiger partial charge on any atom is 0.261 e. The van der Waals surface area contributed by atoms with Crippen LogP contribution >= 0.6 is 0 Å². The van der Waals surface area contributed by atoms with Gasteiger partial charge in [0.25, 0.3) is 5.91 Å². The van der Waals surface area contributed by atoms with Crippen LogP contribution in [0.2, 0.25) is 0 Å². The zero-order valence-electron chi connectivity index (χ0n) is 15.4. The van der Waals surface area contributed by atoms with Gasteiger partial charge >= 0.3 is 0 Å². The topological polar surface area (TPSA) is 38.3 Å². The Morgan fingerprint density at radius 1 is 1.00 bits per heavy atom. The minimum absolute atomic E-state index is 0.0416. The van der Waals surface area contributed by atoms with Crippen molar-refractivity contribution in [2.75, 3.05) is 0 Å². The quantitative estimate of drug-likeness (QED) is 0.869. The molecule has 6 rings (SSSR count). The molecule has 2 aromatic rings. The lowest BCUT2D eigenvalue weighted by atomic mass is 9.53. The lowest BCUT2D eigenvalue weighted by Crippen LogP contribution is -2.61. The second-order valence-electron chi connectivity index (χ2n) is 8.92. The number of nitrogens with one attached hydrogen (secondary N) is 1. The summed E-state index contributed by atoms with van der Waals surface area (Å²) in [5, 5.41) is 5.63. The summed E-state index contributed by atoms with van der Waals surface area (Å²) in [4.78, 5) is 12.9. The summed E-state index contributed by atoms with van der Waals surface area (Å²) < 4.78 is 6.09. The summed E-state index contributed by atoms with van der Waals surface area (Å²) in [6.45, 7) is 1.87. The Bertz CT molecular complexity index is 802. The molecular weight excluding hydrogens is 322 g/mol. The van der Waals surface area contributed by atoms with Crippen LogP contribution in [-0.4, -0.2) is 17.6 Å². The van der Waals surface area contributed by atoms with Crippen LogP contribution in [0, 0.1) is 17.8 Å². The molecule has 2 aromatic carbocycles. The first-order chi connectivity index (χ1) is 12.6. The highest BCUT2D eigenvalue weighted by atomic mass is 16.5. The van der Waals surface area contributed by atoms with Gasteiger partial charge < -0.3 is 10.1 Å². The van der Waals surface area contributed by atoms with Gasteiger partial charge in [-0.15, -0.1) is 0 Å². The van der Waals surface area contributed by atoms with E-state index in [2.05, 4.69) is 17.4 Å². The second kappa shape index (κ2) is 6.00. The van der Waals surface area contributed by atoms with Crippen molar-refractivity contribution < 1.29 is 9.53 Å². The molecule has 0 saturated heterocycles. The molecule has 1 amide bonds. The zero-order valence-corrected chi connectivity index (χ0v) is 15.4. The maximum absolute atomic E-state index is 12.9. The molecule has 4 fully saturated rings. The first-order valence-corrected chi connectivity index (χ1v) is 10.1. The normalized spacial score (nSPS) is 33.2. The Morgan fingerprint density at radius 3 is 2.31 bits per heavy atom. The Hall–Kier alpha value is -2.03. The number of amides is 1. The van der Waals surface area contributed by atoms with E-state index >= 15 is 0 Å². The van der Waals surface area contributed by atoms with E-state index in [-0.39, 0.29) is 11.4 Å². The van der Waals surface area contributed by atoms with Crippen LogP contribution in [0.3, 0.4) is 0 Å². The largest absolute Gasteiger partial charge is 0.480 e. The standard InChI is InChI=1S/C23H27NO2/c1-15(26-21-8-4-6-19-5-2-3-7-20(19)21)22(25)24-23-12-16-9-17(13-23)11-18(10-16)14-23/h2-8,15-18H,9-14H2,1H3,(H,24,25)/t15-,16?,17?,18?,23?/m0/s1. The summed E-state index contributed by atoms with van der Waals surface area (Å²) in [6.07, 6.45) is 7.20. The number of carbonyl (C=O) groups is 1. The molecule has 4 saturated carbocycles. The number of rotatable bonds is 4. The van der Waals surface area contributed by atoms with E-state index in [0.29, 0.717) is 0 Å². The van der Waals surface area contributed by atoms with Crippen LogP contribution < -0.4 is 10.1 Å². The van der Waals surface area contributed by atoms with Gasteiger partial charge in [0.2, 0.25) is 0 Å². The van der Waals surface area contributed by atoms with Crippen LogP contribution in [0.1, 0.15) is 45.4 Å². The Morgan fingerprint density at radius 2 is 1.62 bits per heavy atom. The van der Waals surface area contributed by atoms with Crippen molar-refractivity contribution in [1.29, 1.82) is 0 Å². The third-order valence-electron chi connectivity index (χ3n) is 6.85. The highest BCUT2D eigenvalue weighted by molar-refractivity contribution is 5.89. The predicted octanol–water partition coefficient (Wildman–Crippen LogP) is 4.69. The molecule has 0 spiro atoms. The van der Waals surface area contributed by atoms with Crippen molar-refractivity contribution >= 4 is 16.7 Å². The number of hydrogen-bond donors (Lipinski definition) is 1. The van der Waals surface area contributed by atoms with Crippen molar-refractivity contribution in [2.24, 2.45) is 17.8 Å². The average molecular weight is 349 g/mol. The summed E-state index contributed by atoms with van der Waals surface area (Å²) >= 11 is 0. The number of benzene rings is 2. The van der Waals surface area contributed by atoms with Gasteiger partial charge in [-0.1, -0.05) is 36.4 Å². The molecule has 0 heterocycles. The van der Waals surface area contributed by atoms with E-state index < -0.39 is 6.10 Å². The SMILES string of the molecule is C[C@H](Oc1cccc2ccccc12)C(=O)NC12CC3CC(CC(C3)C1)C2. The maximum atomic E-state index is 12.9. The minimum atomic E-state index is -0.478. The van der Waals surface area contributed by atoms with Crippen LogP contribution in [0.15, 0.2) is 42.5 Å². The number of ether oxygens (including phenoxy) is 1. The summed E-state index contributed by atoms with van der Waals surface area (Å²) in [6, 6.07) is 14.2. The van der Waals surface area contributed by atoms with Crippen molar-refractivity contribution in [3.05, 3.63) is 42.5 Å². The summed E-state index contributed by atoms with van der Waals surface area (Å²) in [7, 11) is 0. The third kappa shape index (κ3) is 2.78. The molecular formula is C23H27NO2. The second-order valence-corrected chi connectivity index (χ2v) is 8.92. The Labute approximate surface area is 155 Å². The van der Waals surface area contributed by atoms with Gasteiger partial charge in [-0.05, 0) is 74.7 Å². The van der Waals surface area contributed by atoms with E-state index in [9.17, 15) is 4.79 Å². The van der Waals surface area contributed by atoms with Gasteiger partial charge in [0.15, 0.2) is 6.10 Å². The third-order valence-corrected chi connectivity index (χ3v) is 6.85. The van der Waals surface area contributed by atoms with E-state index in [4.69, 9.17) is 4.74 Å². The van der Waals surface area contributed by atoms with Crippen molar-refractivity contribution in [3.63, 3.8) is 0 Å². The highest BCUT2D eigenvalue weighted by Crippen LogP contribution is 2.55. The molecule has 0 unspecified atom stereocenters. The van der Waals surface area contributed by atoms with Crippen LogP contribution in [0.4, 0.5) is 0 Å². The molecule has 1 N–H and O–H groups in total. The van der Waals surface area contributed by atoms with Gasteiger partial charge in [-0.2, -0.15) is 0 Å². The predicted molar refractivity (Wildman–Crippen MR) is 103 cm³/mol. The van der Waals surface area contributed by atoms with E-state index in [1.165, 1.54) is 38.5 Å². The highest BCUT2D eigenvalue weighted by Gasteiger charge is 2.51. The van der Waals surface area contributed by atoms with Crippen molar-refractivity contribution in [3.8, 4) is 5.75 Å². The monoisotopic (exact) mass is 349 g/mol. The number of fused-ring (bicyclic) bond motifs is 1. The van der Waals surface area contributed by atoms with Crippen LogP contribution in [0.5, 0.6) is 5.75 Å². The number of hydrogen-bond acceptors (Lipinski definition) is 2. The lowest BCUT2D eigenvalue weighted by molar-refractivity contribution is -0.133. The van der Waals surface area contributed by atoms with E-state index in [1.807, 2.05) is 37.3 Å². The van der Waals surface area contributed by atoms with Gasteiger partial charge in [0.05, 0.1) is 0 Å². The first-order valence-electron chi connectivity index (χ1n) is 10.1. The molecule has 3 nitrogen and oxygen atoms in total. The summed E-state index contributed by atoms with van der Waals surface area (Å²) in [5.41, 5.74) is 0.0439. The molecule has 4 aliphatic rings. The smallest absolute Gasteiger partial charge is 0.261 e. The van der Waals surface area contributed by atoms with Crippen LogP contribution in [0.25, 0.3) is 10.8 Å². The van der Waals surface area contributed by atoms with Gasteiger partial charge in [0.1, 0.15) is 5.75 Å². The van der Waals surface area contributed by atoms with Crippen molar-refractivity contribution in [2.45, 2.75) is 57.1 Å². The zero-order chi connectivity index (χ0) is 17.7. The van der Waals surface area contributed by atoms with E-state index in [0.717, 1.165) is 34.3 Å². The van der Waals surface area contributed by atoms with Crippen molar-refractivity contribution in [1.82, 2.24) is 5.32 Å². The first kappa shape index (κ1) is 16.2. The van der Waals surface area contributed by atoms with E-state index in [1.54, 1.807) is 0 Å². The molecule has 4 bridgehead atoms.